The number of phenols is 1. The Morgan fingerprint density at radius 2 is 2.11 bits per heavy atom. The van der Waals surface area contributed by atoms with Gasteiger partial charge in [-0.3, -0.25) is 0 Å². The van der Waals surface area contributed by atoms with E-state index in [0.717, 1.165) is 11.5 Å². The topological polar surface area (TPSA) is 32.3 Å². The van der Waals surface area contributed by atoms with Crippen molar-refractivity contribution in [2.45, 2.75) is 58.0 Å². The van der Waals surface area contributed by atoms with Crippen molar-refractivity contribution in [1.29, 1.82) is 0 Å². The Labute approximate surface area is 110 Å². The van der Waals surface area contributed by atoms with Crippen LogP contribution in [0.15, 0.2) is 24.3 Å². The molecule has 3 unspecified atom stereocenters. The minimum Gasteiger partial charge on any atom is -0.508 e. The molecular formula is C16H25NO. The second kappa shape index (κ2) is 6.24. The molecule has 2 rings (SSSR count). The number of aromatic hydroxyl groups is 1. The number of phenolic OH excluding ortho intramolecular Hbond substituents is 1. The standard InChI is InChI=1S/C16H25NO/c1-3-13-7-6-8-14(11-13)17-12(2)15-9-4-5-10-16(15)18/h4-5,9-10,12-14,17-18H,3,6-8,11H2,1-2H3. The van der Waals surface area contributed by atoms with E-state index in [2.05, 4.69) is 19.2 Å². The summed E-state index contributed by atoms with van der Waals surface area (Å²) in [5.74, 6) is 1.29. The maximum Gasteiger partial charge on any atom is 0.120 e. The lowest BCUT2D eigenvalue weighted by Crippen LogP contribution is -2.35. The molecule has 1 aliphatic rings. The van der Waals surface area contributed by atoms with E-state index < -0.39 is 0 Å². The number of rotatable bonds is 4. The van der Waals surface area contributed by atoms with E-state index in [0.29, 0.717) is 11.8 Å². The van der Waals surface area contributed by atoms with Gasteiger partial charge in [-0.2, -0.15) is 0 Å². The average Bonchev–Trinajstić information content (AvgIpc) is 2.39. The molecular weight excluding hydrogens is 222 g/mol. The van der Waals surface area contributed by atoms with Gasteiger partial charge in [0.2, 0.25) is 0 Å². The summed E-state index contributed by atoms with van der Waals surface area (Å²) in [7, 11) is 0. The number of benzene rings is 1. The third-order valence-electron chi connectivity index (χ3n) is 4.25. The van der Waals surface area contributed by atoms with Crippen molar-refractivity contribution in [2.24, 2.45) is 5.92 Å². The van der Waals surface area contributed by atoms with Crippen LogP contribution in [-0.2, 0) is 0 Å². The lowest BCUT2D eigenvalue weighted by molar-refractivity contribution is 0.264. The highest BCUT2D eigenvalue weighted by atomic mass is 16.3. The summed E-state index contributed by atoms with van der Waals surface area (Å²) < 4.78 is 0. The third-order valence-corrected chi connectivity index (χ3v) is 4.25. The molecule has 1 aromatic carbocycles. The van der Waals surface area contributed by atoms with E-state index in [9.17, 15) is 5.11 Å². The van der Waals surface area contributed by atoms with E-state index in [1.807, 2.05) is 18.2 Å². The first kappa shape index (κ1) is 13.4. The zero-order chi connectivity index (χ0) is 13.0. The molecule has 0 saturated heterocycles. The van der Waals surface area contributed by atoms with Crippen LogP contribution in [0.1, 0.15) is 57.6 Å². The molecule has 0 heterocycles. The molecule has 2 N–H and O–H groups in total. The van der Waals surface area contributed by atoms with Crippen LogP contribution in [-0.4, -0.2) is 11.1 Å². The Balaban J connectivity index is 1.95. The zero-order valence-corrected chi connectivity index (χ0v) is 11.5. The first-order valence-corrected chi connectivity index (χ1v) is 7.24. The summed E-state index contributed by atoms with van der Waals surface area (Å²) >= 11 is 0. The van der Waals surface area contributed by atoms with Crippen LogP contribution in [0.2, 0.25) is 0 Å². The minimum absolute atomic E-state index is 0.229. The Morgan fingerprint density at radius 1 is 1.33 bits per heavy atom. The molecule has 0 aromatic heterocycles. The monoisotopic (exact) mass is 247 g/mol. The molecule has 0 bridgehead atoms. The molecule has 0 spiro atoms. The molecule has 2 heteroatoms. The third kappa shape index (κ3) is 3.26. The van der Waals surface area contributed by atoms with Crippen molar-refractivity contribution in [3.05, 3.63) is 29.8 Å². The van der Waals surface area contributed by atoms with E-state index in [-0.39, 0.29) is 6.04 Å². The molecule has 1 fully saturated rings. The van der Waals surface area contributed by atoms with Gasteiger partial charge in [-0.1, -0.05) is 44.4 Å². The highest BCUT2D eigenvalue weighted by Gasteiger charge is 2.22. The normalized spacial score (nSPS) is 25.9. The van der Waals surface area contributed by atoms with Gasteiger partial charge in [0.05, 0.1) is 0 Å². The number of hydrogen-bond donors (Lipinski definition) is 2. The van der Waals surface area contributed by atoms with Crippen molar-refractivity contribution >= 4 is 0 Å². The molecule has 0 amide bonds. The SMILES string of the molecule is CCC1CCCC(NC(C)c2ccccc2O)C1. The van der Waals surface area contributed by atoms with Crippen LogP contribution in [0.3, 0.4) is 0 Å². The van der Waals surface area contributed by atoms with Crippen molar-refractivity contribution in [3.8, 4) is 5.75 Å². The molecule has 3 atom stereocenters. The molecule has 1 saturated carbocycles. The van der Waals surface area contributed by atoms with Crippen molar-refractivity contribution in [1.82, 2.24) is 5.32 Å². The quantitative estimate of drug-likeness (QED) is 0.842. The fraction of sp³-hybridized carbons (Fsp3) is 0.625. The summed E-state index contributed by atoms with van der Waals surface area (Å²) in [4.78, 5) is 0. The predicted molar refractivity (Wildman–Crippen MR) is 75.7 cm³/mol. The number of hydrogen-bond acceptors (Lipinski definition) is 2. The van der Waals surface area contributed by atoms with Crippen molar-refractivity contribution in [3.63, 3.8) is 0 Å². The van der Waals surface area contributed by atoms with Gasteiger partial charge in [0.25, 0.3) is 0 Å². The maximum absolute atomic E-state index is 9.87. The molecule has 1 aliphatic carbocycles. The van der Waals surface area contributed by atoms with E-state index >= 15 is 0 Å². The average molecular weight is 247 g/mol. The Hall–Kier alpha value is -1.02. The van der Waals surface area contributed by atoms with Gasteiger partial charge in [-0.05, 0) is 31.7 Å². The van der Waals surface area contributed by atoms with Crippen LogP contribution in [0, 0.1) is 5.92 Å². The summed E-state index contributed by atoms with van der Waals surface area (Å²) in [6.07, 6.45) is 6.58. The molecule has 0 aliphatic heterocycles. The fourth-order valence-electron chi connectivity index (χ4n) is 3.11. The van der Waals surface area contributed by atoms with Crippen LogP contribution in [0.25, 0.3) is 0 Å². The van der Waals surface area contributed by atoms with Gasteiger partial charge >= 0.3 is 0 Å². The van der Waals surface area contributed by atoms with Crippen LogP contribution in [0.5, 0.6) is 5.75 Å². The lowest BCUT2D eigenvalue weighted by Gasteiger charge is -2.31. The van der Waals surface area contributed by atoms with Crippen LogP contribution < -0.4 is 5.32 Å². The first-order valence-electron chi connectivity index (χ1n) is 7.24. The van der Waals surface area contributed by atoms with E-state index in [4.69, 9.17) is 0 Å². The second-order valence-corrected chi connectivity index (χ2v) is 5.58. The Kier molecular flexibility index (Phi) is 4.65. The summed E-state index contributed by atoms with van der Waals surface area (Å²) in [5.41, 5.74) is 1.01. The van der Waals surface area contributed by atoms with E-state index in [1.165, 1.54) is 32.1 Å². The van der Waals surface area contributed by atoms with Gasteiger partial charge in [0, 0.05) is 17.6 Å². The predicted octanol–water partition coefficient (Wildman–Crippen LogP) is 4.01. The van der Waals surface area contributed by atoms with Crippen LogP contribution >= 0.6 is 0 Å². The van der Waals surface area contributed by atoms with E-state index in [1.54, 1.807) is 6.07 Å². The Bertz CT molecular complexity index is 377. The van der Waals surface area contributed by atoms with Gasteiger partial charge in [0.1, 0.15) is 5.75 Å². The van der Waals surface area contributed by atoms with Crippen molar-refractivity contribution < 1.29 is 5.11 Å². The molecule has 2 nitrogen and oxygen atoms in total. The summed E-state index contributed by atoms with van der Waals surface area (Å²) in [5, 5.41) is 13.5. The fourth-order valence-corrected chi connectivity index (χ4v) is 3.11. The maximum atomic E-state index is 9.87. The van der Waals surface area contributed by atoms with Crippen molar-refractivity contribution in [2.75, 3.05) is 0 Å². The van der Waals surface area contributed by atoms with Gasteiger partial charge in [-0.15, -0.1) is 0 Å². The van der Waals surface area contributed by atoms with Gasteiger partial charge in [0.15, 0.2) is 0 Å². The lowest BCUT2D eigenvalue weighted by atomic mass is 9.84. The van der Waals surface area contributed by atoms with Gasteiger partial charge < -0.3 is 10.4 Å². The largest absolute Gasteiger partial charge is 0.508 e. The summed E-state index contributed by atoms with van der Waals surface area (Å²) in [6, 6.07) is 8.48. The molecule has 100 valence electrons. The number of para-hydroxylation sites is 1. The second-order valence-electron chi connectivity index (χ2n) is 5.58. The Morgan fingerprint density at radius 3 is 2.83 bits per heavy atom. The molecule has 18 heavy (non-hydrogen) atoms. The highest BCUT2D eigenvalue weighted by Crippen LogP contribution is 2.29. The smallest absolute Gasteiger partial charge is 0.120 e. The molecule has 1 aromatic rings. The zero-order valence-electron chi connectivity index (χ0n) is 11.5. The van der Waals surface area contributed by atoms with Crippen LogP contribution in [0.4, 0.5) is 0 Å². The summed E-state index contributed by atoms with van der Waals surface area (Å²) in [6.45, 7) is 4.43. The minimum atomic E-state index is 0.229. The number of nitrogens with one attached hydrogen (secondary N) is 1. The first-order chi connectivity index (χ1) is 8.70. The highest BCUT2D eigenvalue weighted by molar-refractivity contribution is 5.34. The molecule has 0 radical (unpaired) electrons. The van der Waals surface area contributed by atoms with Gasteiger partial charge in [-0.25, -0.2) is 0 Å².